The number of ether oxygens (including phenoxy) is 1. The van der Waals surface area contributed by atoms with E-state index in [4.69, 9.17) is 4.74 Å². The lowest BCUT2D eigenvalue weighted by molar-refractivity contribution is 0.0697. The van der Waals surface area contributed by atoms with Crippen molar-refractivity contribution in [2.45, 2.75) is 12.5 Å². The lowest BCUT2D eigenvalue weighted by Gasteiger charge is -2.21. The normalized spacial score (nSPS) is 18.9. The maximum Gasteiger partial charge on any atom is 0.339 e. The van der Waals surface area contributed by atoms with E-state index < -0.39 is 5.97 Å². The first kappa shape index (κ1) is 12.9. The topological polar surface area (TPSA) is 80.5 Å². The third-order valence-electron chi connectivity index (χ3n) is 3.76. The Bertz CT molecular complexity index is 667. The number of hydrogen-bond donors (Lipinski definition) is 1. The number of nitrogens with zero attached hydrogens (tertiary/aromatic N) is 4. The molecule has 0 bridgehead atoms. The lowest BCUT2D eigenvalue weighted by Crippen LogP contribution is -2.24. The van der Waals surface area contributed by atoms with Crippen molar-refractivity contribution in [1.82, 2.24) is 14.8 Å². The Labute approximate surface area is 115 Å². The molecule has 1 saturated heterocycles. The Kier molecular flexibility index (Phi) is 3.06. The first-order valence-electron chi connectivity index (χ1n) is 6.43. The van der Waals surface area contributed by atoms with Crippen molar-refractivity contribution in [1.29, 1.82) is 0 Å². The van der Waals surface area contributed by atoms with Gasteiger partial charge in [-0.25, -0.2) is 9.78 Å². The summed E-state index contributed by atoms with van der Waals surface area (Å²) in [5.74, 6) is -0.973. The third kappa shape index (κ3) is 1.90. The quantitative estimate of drug-likeness (QED) is 0.896. The second kappa shape index (κ2) is 4.75. The molecular formula is C13H16N4O3. The van der Waals surface area contributed by atoms with Crippen LogP contribution in [0.3, 0.4) is 0 Å². The monoisotopic (exact) mass is 276 g/mol. The SMILES string of the molecule is COC1CCN(c2c(C(=O)O)cnc3c2cnn3C)C1. The highest BCUT2D eigenvalue weighted by Crippen LogP contribution is 2.32. The molecule has 1 fully saturated rings. The molecule has 1 N–H and O–H groups in total. The molecule has 7 heteroatoms. The smallest absolute Gasteiger partial charge is 0.339 e. The highest BCUT2D eigenvalue weighted by atomic mass is 16.5. The number of carboxylic acids is 1. The summed E-state index contributed by atoms with van der Waals surface area (Å²) in [6.45, 7) is 1.46. The number of anilines is 1. The van der Waals surface area contributed by atoms with Gasteiger partial charge < -0.3 is 14.7 Å². The van der Waals surface area contributed by atoms with E-state index in [0.717, 1.165) is 18.4 Å². The molecule has 20 heavy (non-hydrogen) atoms. The molecule has 0 amide bonds. The van der Waals surface area contributed by atoms with Crippen LogP contribution >= 0.6 is 0 Å². The van der Waals surface area contributed by atoms with Gasteiger partial charge in [-0.3, -0.25) is 4.68 Å². The fourth-order valence-corrected chi connectivity index (χ4v) is 2.70. The van der Waals surface area contributed by atoms with E-state index in [0.29, 0.717) is 17.9 Å². The Morgan fingerprint density at radius 1 is 1.50 bits per heavy atom. The molecule has 106 valence electrons. The fourth-order valence-electron chi connectivity index (χ4n) is 2.70. The van der Waals surface area contributed by atoms with E-state index in [2.05, 4.69) is 10.1 Å². The fraction of sp³-hybridized carbons (Fsp3) is 0.462. The maximum atomic E-state index is 11.5. The molecule has 3 heterocycles. The van der Waals surface area contributed by atoms with Crippen molar-refractivity contribution in [3.05, 3.63) is 18.0 Å². The van der Waals surface area contributed by atoms with Gasteiger partial charge in [-0.1, -0.05) is 0 Å². The van der Waals surface area contributed by atoms with Crippen molar-refractivity contribution in [3.8, 4) is 0 Å². The minimum absolute atomic E-state index is 0.136. The largest absolute Gasteiger partial charge is 0.478 e. The van der Waals surface area contributed by atoms with Gasteiger partial charge in [0.15, 0.2) is 5.65 Å². The minimum atomic E-state index is -0.973. The van der Waals surface area contributed by atoms with Gasteiger partial charge in [-0.2, -0.15) is 5.10 Å². The van der Waals surface area contributed by atoms with Crippen LogP contribution in [0.5, 0.6) is 0 Å². The summed E-state index contributed by atoms with van der Waals surface area (Å²) >= 11 is 0. The van der Waals surface area contributed by atoms with Gasteiger partial charge in [0, 0.05) is 33.4 Å². The molecule has 0 spiro atoms. The highest BCUT2D eigenvalue weighted by molar-refractivity contribution is 6.03. The Morgan fingerprint density at radius 3 is 2.95 bits per heavy atom. The molecule has 0 aliphatic carbocycles. The molecule has 0 radical (unpaired) electrons. The van der Waals surface area contributed by atoms with Crippen LogP contribution in [0.2, 0.25) is 0 Å². The van der Waals surface area contributed by atoms with Gasteiger partial charge >= 0.3 is 5.97 Å². The van der Waals surface area contributed by atoms with Crippen molar-refractivity contribution in [2.24, 2.45) is 7.05 Å². The second-order valence-electron chi connectivity index (χ2n) is 4.92. The van der Waals surface area contributed by atoms with E-state index in [1.165, 1.54) is 6.20 Å². The lowest BCUT2D eigenvalue weighted by atomic mass is 10.1. The second-order valence-corrected chi connectivity index (χ2v) is 4.92. The van der Waals surface area contributed by atoms with Crippen LogP contribution in [-0.4, -0.2) is 52.1 Å². The number of carbonyl (C=O) groups is 1. The molecule has 1 atom stereocenters. The van der Waals surface area contributed by atoms with Crippen molar-refractivity contribution in [3.63, 3.8) is 0 Å². The summed E-state index contributed by atoms with van der Waals surface area (Å²) in [6.07, 6.45) is 4.10. The van der Waals surface area contributed by atoms with Crippen LogP contribution < -0.4 is 4.90 Å². The van der Waals surface area contributed by atoms with Gasteiger partial charge in [0.05, 0.1) is 23.4 Å². The number of fused-ring (bicyclic) bond motifs is 1. The molecule has 1 aliphatic heterocycles. The summed E-state index contributed by atoms with van der Waals surface area (Å²) in [4.78, 5) is 17.7. The van der Waals surface area contributed by atoms with Gasteiger partial charge in [0.25, 0.3) is 0 Å². The van der Waals surface area contributed by atoms with Crippen LogP contribution in [-0.2, 0) is 11.8 Å². The number of aromatic nitrogens is 3. The number of methoxy groups -OCH3 is 1. The average molecular weight is 276 g/mol. The third-order valence-corrected chi connectivity index (χ3v) is 3.76. The van der Waals surface area contributed by atoms with Gasteiger partial charge in [-0.05, 0) is 6.42 Å². The zero-order valence-electron chi connectivity index (χ0n) is 11.4. The molecule has 3 rings (SSSR count). The highest BCUT2D eigenvalue weighted by Gasteiger charge is 2.28. The number of rotatable bonds is 3. The first-order valence-corrected chi connectivity index (χ1v) is 6.43. The van der Waals surface area contributed by atoms with Crippen LogP contribution in [0, 0.1) is 0 Å². The first-order chi connectivity index (χ1) is 9.61. The molecule has 7 nitrogen and oxygen atoms in total. The van der Waals surface area contributed by atoms with Crippen molar-refractivity contribution in [2.75, 3.05) is 25.1 Å². The molecule has 0 saturated carbocycles. The Morgan fingerprint density at radius 2 is 2.30 bits per heavy atom. The van der Waals surface area contributed by atoms with Gasteiger partial charge in [-0.15, -0.1) is 0 Å². The standard InChI is InChI=1S/C13H16N4O3/c1-16-12-9(6-15-16)11(10(5-14-12)13(18)19)17-4-3-8(7-17)20-2/h5-6,8H,3-4,7H2,1-2H3,(H,18,19). The zero-order valence-corrected chi connectivity index (χ0v) is 11.4. The predicted octanol–water partition coefficient (Wildman–Crippen LogP) is 0.892. The van der Waals surface area contributed by atoms with Crippen LogP contribution in [0.4, 0.5) is 5.69 Å². The van der Waals surface area contributed by atoms with E-state index in [9.17, 15) is 9.90 Å². The Hall–Kier alpha value is -2.15. The number of hydrogen-bond acceptors (Lipinski definition) is 5. The van der Waals surface area contributed by atoms with Gasteiger partial charge in [0.1, 0.15) is 5.56 Å². The number of pyridine rings is 1. The van der Waals surface area contributed by atoms with Crippen LogP contribution in [0.1, 0.15) is 16.8 Å². The minimum Gasteiger partial charge on any atom is -0.478 e. The number of aryl methyl sites for hydroxylation is 1. The van der Waals surface area contributed by atoms with Crippen molar-refractivity contribution >= 4 is 22.7 Å². The Balaban J connectivity index is 2.15. The van der Waals surface area contributed by atoms with Crippen LogP contribution in [0.15, 0.2) is 12.4 Å². The summed E-state index contributed by atoms with van der Waals surface area (Å²) in [5, 5.41) is 14.3. The maximum absolute atomic E-state index is 11.5. The van der Waals surface area contributed by atoms with Crippen LogP contribution in [0.25, 0.3) is 11.0 Å². The summed E-state index contributed by atoms with van der Waals surface area (Å²) < 4.78 is 7.00. The summed E-state index contributed by atoms with van der Waals surface area (Å²) in [5.41, 5.74) is 1.59. The van der Waals surface area contributed by atoms with E-state index in [-0.39, 0.29) is 11.7 Å². The number of carboxylic acid groups (broad SMARTS) is 1. The molecule has 0 aromatic carbocycles. The molecule has 2 aromatic heterocycles. The molecule has 1 unspecified atom stereocenters. The van der Waals surface area contributed by atoms with E-state index in [1.54, 1.807) is 25.0 Å². The summed E-state index contributed by atoms with van der Waals surface area (Å²) in [6, 6.07) is 0. The molecular weight excluding hydrogens is 260 g/mol. The van der Waals surface area contributed by atoms with Crippen molar-refractivity contribution < 1.29 is 14.6 Å². The average Bonchev–Trinajstić information content (AvgIpc) is 3.05. The molecule has 2 aromatic rings. The van der Waals surface area contributed by atoms with Gasteiger partial charge in [0.2, 0.25) is 0 Å². The zero-order chi connectivity index (χ0) is 14.3. The van der Waals surface area contributed by atoms with E-state index >= 15 is 0 Å². The number of aromatic carboxylic acids is 1. The summed E-state index contributed by atoms with van der Waals surface area (Å²) in [7, 11) is 3.47. The molecule has 1 aliphatic rings. The predicted molar refractivity (Wildman–Crippen MR) is 73.1 cm³/mol. The van der Waals surface area contributed by atoms with E-state index in [1.807, 2.05) is 4.90 Å².